The third-order valence-corrected chi connectivity index (χ3v) is 2.14. The Kier molecular flexibility index (Phi) is 3.04. The number of nitrogens with one attached hydrogen (secondary N) is 2. The summed E-state index contributed by atoms with van der Waals surface area (Å²) >= 11 is 0. The molecule has 1 unspecified atom stereocenters. The van der Waals surface area contributed by atoms with E-state index in [1.165, 1.54) is 0 Å². The predicted molar refractivity (Wildman–Crippen MR) is 55.9 cm³/mol. The summed E-state index contributed by atoms with van der Waals surface area (Å²) in [6.45, 7) is 2.74. The highest BCUT2D eigenvalue weighted by molar-refractivity contribution is 4.97. The van der Waals surface area contributed by atoms with Gasteiger partial charge in [0.2, 0.25) is 0 Å². The number of hydrogen-bond donors (Lipinski definition) is 2. The minimum Gasteiger partial charge on any atom is -0.347 e. The van der Waals surface area contributed by atoms with Crippen molar-refractivity contribution in [3.63, 3.8) is 0 Å². The SMILES string of the molecule is CC(NCc1cnccn1)c1ncc[nH]1. The number of H-pyrrole nitrogens is 1. The molecule has 0 bridgehead atoms. The van der Waals surface area contributed by atoms with E-state index < -0.39 is 0 Å². The van der Waals surface area contributed by atoms with Crippen LogP contribution in [-0.2, 0) is 6.54 Å². The van der Waals surface area contributed by atoms with Gasteiger partial charge in [0.15, 0.2) is 0 Å². The second kappa shape index (κ2) is 4.65. The summed E-state index contributed by atoms with van der Waals surface area (Å²) in [6.07, 6.45) is 8.67. The highest BCUT2D eigenvalue weighted by Gasteiger charge is 2.06. The van der Waals surface area contributed by atoms with Gasteiger partial charge in [-0.2, -0.15) is 0 Å². The van der Waals surface area contributed by atoms with Crippen LogP contribution < -0.4 is 5.32 Å². The second-order valence-corrected chi connectivity index (χ2v) is 3.27. The summed E-state index contributed by atoms with van der Waals surface area (Å²) in [4.78, 5) is 15.4. The largest absolute Gasteiger partial charge is 0.347 e. The molecular weight excluding hydrogens is 190 g/mol. The molecule has 2 N–H and O–H groups in total. The lowest BCUT2D eigenvalue weighted by Gasteiger charge is -2.10. The molecule has 0 aliphatic rings. The lowest BCUT2D eigenvalue weighted by molar-refractivity contribution is 0.544. The summed E-state index contributed by atoms with van der Waals surface area (Å²) in [5.74, 6) is 0.930. The van der Waals surface area contributed by atoms with Crippen molar-refractivity contribution in [2.45, 2.75) is 19.5 Å². The molecule has 0 spiro atoms. The number of aromatic nitrogens is 4. The molecule has 1 atom stereocenters. The molecule has 0 aromatic carbocycles. The summed E-state index contributed by atoms with van der Waals surface area (Å²) in [5.41, 5.74) is 0.927. The predicted octanol–water partition coefficient (Wildman–Crippen LogP) is 1.05. The molecule has 0 fully saturated rings. The first kappa shape index (κ1) is 9.79. The van der Waals surface area contributed by atoms with Gasteiger partial charge in [0, 0.05) is 37.5 Å². The van der Waals surface area contributed by atoms with Crippen LogP contribution in [0.4, 0.5) is 0 Å². The number of aromatic amines is 1. The van der Waals surface area contributed by atoms with Gasteiger partial charge >= 0.3 is 0 Å². The van der Waals surface area contributed by atoms with Crippen LogP contribution in [0.25, 0.3) is 0 Å². The van der Waals surface area contributed by atoms with Gasteiger partial charge in [-0.15, -0.1) is 0 Å². The number of imidazole rings is 1. The number of hydrogen-bond acceptors (Lipinski definition) is 4. The van der Waals surface area contributed by atoms with E-state index in [-0.39, 0.29) is 6.04 Å². The summed E-state index contributed by atoms with van der Waals surface area (Å²) < 4.78 is 0. The average molecular weight is 203 g/mol. The van der Waals surface area contributed by atoms with E-state index in [9.17, 15) is 0 Å². The number of nitrogens with zero attached hydrogens (tertiary/aromatic N) is 3. The van der Waals surface area contributed by atoms with Crippen molar-refractivity contribution in [3.05, 3.63) is 42.5 Å². The zero-order chi connectivity index (χ0) is 10.5. The Labute approximate surface area is 88.0 Å². The third-order valence-electron chi connectivity index (χ3n) is 2.14. The molecule has 0 amide bonds. The molecule has 5 nitrogen and oxygen atoms in total. The van der Waals surface area contributed by atoms with E-state index in [1.807, 2.05) is 6.20 Å². The highest BCUT2D eigenvalue weighted by Crippen LogP contribution is 2.05. The smallest absolute Gasteiger partial charge is 0.122 e. The first-order valence-electron chi connectivity index (χ1n) is 4.84. The molecule has 2 aromatic heterocycles. The third kappa shape index (κ3) is 2.60. The van der Waals surface area contributed by atoms with Crippen LogP contribution in [0.1, 0.15) is 24.5 Å². The summed E-state index contributed by atoms with van der Waals surface area (Å²) in [7, 11) is 0. The van der Waals surface area contributed by atoms with Crippen LogP contribution >= 0.6 is 0 Å². The summed E-state index contributed by atoms with van der Waals surface area (Å²) in [6, 6.07) is 0.182. The van der Waals surface area contributed by atoms with Gasteiger partial charge in [0.1, 0.15) is 5.82 Å². The molecule has 0 saturated heterocycles. The van der Waals surface area contributed by atoms with Gasteiger partial charge in [-0.3, -0.25) is 9.97 Å². The van der Waals surface area contributed by atoms with Crippen LogP contribution in [0.2, 0.25) is 0 Å². The fourth-order valence-electron chi connectivity index (χ4n) is 1.29. The van der Waals surface area contributed by atoms with Crippen molar-refractivity contribution in [2.24, 2.45) is 0 Å². The maximum atomic E-state index is 4.18. The zero-order valence-electron chi connectivity index (χ0n) is 8.51. The van der Waals surface area contributed by atoms with Crippen LogP contribution in [0.15, 0.2) is 31.0 Å². The average Bonchev–Trinajstić information content (AvgIpc) is 2.81. The van der Waals surface area contributed by atoms with Gasteiger partial charge in [0.05, 0.1) is 11.7 Å². The second-order valence-electron chi connectivity index (χ2n) is 3.27. The Morgan fingerprint density at radius 3 is 2.93 bits per heavy atom. The molecule has 0 saturated carbocycles. The van der Waals surface area contributed by atoms with Crippen molar-refractivity contribution >= 4 is 0 Å². The Morgan fingerprint density at radius 1 is 1.33 bits per heavy atom. The van der Waals surface area contributed by atoms with Crippen molar-refractivity contribution in [1.82, 2.24) is 25.3 Å². The Morgan fingerprint density at radius 2 is 2.27 bits per heavy atom. The van der Waals surface area contributed by atoms with Gasteiger partial charge in [0.25, 0.3) is 0 Å². The lowest BCUT2D eigenvalue weighted by Crippen LogP contribution is -2.19. The standard InChI is InChI=1S/C10H13N5/c1-8(10-13-4-5-14-10)15-7-9-6-11-2-3-12-9/h2-6,8,15H,7H2,1H3,(H,13,14). The molecular formula is C10H13N5. The molecule has 2 aromatic rings. The van der Waals surface area contributed by atoms with Crippen LogP contribution in [0.5, 0.6) is 0 Å². The quantitative estimate of drug-likeness (QED) is 0.779. The van der Waals surface area contributed by atoms with Gasteiger partial charge in [-0.05, 0) is 6.92 Å². The van der Waals surface area contributed by atoms with Crippen LogP contribution in [0.3, 0.4) is 0 Å². The fourth-order valence-corrected chi connectivity index (χ4v) is 1.29. The van der Waals surface area contributed by atoms with Crippen LogP contribution in [0, 0.1) is 0 Å². The maximum Gasteiger partial charge on any atom is 0.122 e. The Hall–Kier alpha value is -1.75. The van der Waals surface area contributed by atoms with Gasteiger partial charge in [-0.25, -0.2) is 4.98 Å². The molecule has 15 heavy (non-hydrogen) atoms. The molecule has 0 aliphatic carbocycles. The van der Waals surface area contributed by atoms with Gasteiger partial charge < -0.3 is 10.3 Å². The first-order chi connectivity index (χ1) is 7.36. The van der Waals surface area contributed by atoms with Gasteiger partial charge in [-0.1, -0.05) is 0 Å². The molecule has 2 heterocycles. The maximum absolute atomic E-state index is 4.18. The lowest BCUT2D eigenvalue weighted by atomic mass is 10.3. The van der Waals surface area contributed by atoms with E-state index in [2.05, 4.69) is 32.2 Å². The summed E-state index contributed by atoms with van der Waals surface area (Å²) in [5, 5.41) is 3.31. The minimum atomic E-state index is 0.182. The van der Waals surface area contributed by atoms with Crippen LogP contribution in [-0.4, -0.2) is 19.9 Å². The topological polar surface area (TPSA) is 66.5 Å². The Bertz CT molecular complexity index is 383. The fraction of sp³-hybridized carbons (Fsp3) is 0.300. The monoisotopic (exact) mass is 203 g/mol. The van der Waals surface area contributed by atoms with E-state index in [4.69, 9.17) is 0 Å². The van der Waals surface area contributed by atoms with E-state index in [0.29, 0.717) is 6.54 Å². The molecule has 5 heteroatoms. The van der Waals surface area contributed by atoms with E-state index >= 15 is 0 Å². The normalized spacial score (nSPS) is 12.6. The molecule has 2 rings (SSSR count). The zero-order valence-corrected chi connectivity index (χ0v) is 8.51. The number of rotatable bonds is 4. The van der Waals surface area contributed by atoms with Crippen molar-refractivity contribution in [1.29, 1.82) is 0 Å². The first-order valence-corrected chi connectivity index (χ1v) is 4.84. The minimum absolute atomic E-state index is 0.182. The highest BCUT2D eigenvalue weighted by atomic mass is 15.0. The van der Waals surface area contributed by atoms with Crippen molar-refractivity contribution < 1.29 is 0 Å². The van der Waals surface area contributed by atoms with E-state index in [1.54, 1.807) is 24.8 Å². The molecule has 78 valence electrons. The van der Waals surface area contributed by atoms with Crippen molar-refractivity contribution in [2.75, 3.05) is 0 Å². The van der Waals surface area contributed by atoms with Crippen molar-refractivity contribution in [3.8, 4) is 0 Å². The molecule has 0 radical (unpaired) electrons. The molecule has 0 aliphatic heterocycles. The van der Waals surface area contributed by atoms with E-state index in [0.717, 1.165) is 11.5 Å². The Balaban J connectivity index is 1.89.